The van der Waals surface area contributed by atoms with Gasteiger partial charge in [0, 0.05) is 18.8 Å². The molecule has 1 fully saturated rings. The lowest BCUT2D eigenvalue weighted by Gasteiger charge is -2.20. The summed E-state index contributed by atoms with van der Waals surface area (Å²) in [6, 6.07) is 13.1. The molecule has 1 aromatic heterocycles. The molecule has 0 bridgehead atoms. The quantitative estimate of drug-likeness (QED) is 0.925. The number of amides is 1. The van der Waals surface area contributed by atoms with E-state index < -0.39 is 0 Å². The topological polar surface area (TPSA) is 53.2 Å². The van der Waals surface area contributed by atoms with Crippen molar-refractivity contribution in [2.24, 2.45) is 5.92 Å². The Kier molecular flexibility index (Phi) is 4.60. The summed E-state index contributed by atoms with van der Waals surface area (Å²) in [5, 5.41) is 0. The Balaban J connectivity index is 1.83. The highest BCUT2D eigenvalue weighted by Crippen LogP contribution is 2.18. The Morgan fingerprint density at radius 3 is 2.61 bits per heavy atom. The van der Waals surface area contributed by atoms with Crippen LogP contribution in [0.2, 0.25) is 0 Å². The van der Waals surface area contributed by atoms with Gasteiger partial charge in [0.2, 0.25) is 0 Å². The molecule has 0 radical (unpaired) electrons. The van der Waals surface area contributed by atoms with Crippen LogP contribution in [0.5, 0.6) is 0 Å². The van der Waals surface area contributed by atoms with Gasteiger partial charge in [-0.25, -0.2) is 0 Å². The van der Waals surface area contributed by atoms with Gasteiger partial charge in [-0.1, -0.05) is 37.3 Å². The van der Waals surface area contributed by atoms with Gasteiger partial charge in [0.05, 0.1) is 0 Å². The monoisotopic (exact) mass is 310 g/mol. The van der Waals surface area contributed by atoms with Crippen molar-refractivity contribution < 1.29 is 4.79 Å². The molecule has 1 atom stereocenters. The van der Waals surface area contributed by atoms with Crippen molar-refractivity contribution in [2.75, 3.05) is 13.1 Å². The molecular formula is C19H22N2O2. The molecule has 120 valence electrons. The Labute approximate surface area is 136 Å². The molecule has 2 aromatic rings. The van der Waals surface area contributed by atoms with E-state index in [1.807, 2.05) is 41.3 Å². The molecule has 3 rings (SSSR count). The molecule has 2 heterocycles. The molecule has 1 saturated heterocycles. The zero-order valence-electron chi connectivity index (χ0n) is 13.4. The van der Waals surface area contributed by atoms with Crippen LogP contribution in [0, 0.1) is 5.92 Å². The molecule has 1 amide bonds. The van der Waals surface area contributed by atoms with Crippen molar-refractivity contribution in [3.63, 3.8) is 0 Å². The summed E-state index contributed by atoms with van der Waals surface area (Å²) >= 11 is 0. The van der Waals surface area contributed by atoms with Crippen LogP contribution in [0.25, 0.3) is 11.3 Å². The Morgan fingerprint density at radius 1 is 1.09 bits per heavy atom. The van der Waals surface area contributed by atoms with Gasteiger partial charge in [0.15, 0.2) is 0 Å². The second kappa shape index (κ2) is 6.82. The zero-order chi connectivity index (χ0) is 16.2. The number of benzene rings is 1. The van der Waals surface area contributed by atoms with Crippen LogP contribution >= 0.6 is 0 Å². The molecule has 0 unspecified atom stereocenters. The minimum Gasteiger partial charge on any atom is -0.338 e. The summed E-state index contributed by atoms with van der Waals surface area (Å²) in [7, 11) is 0. The van der Waals surface area contributed by atoms with Crippen LogP contribution in [0.15, 0.2) is 47.3 Å². The van der Waals surface area contributed by atoms with Gasteiger partial charge in [-0.3, -0.25) is 9.59 Å². The second-order valence-corrected chi connectivity index (χ2v) is 6.31. The van der Waals surface area contributed by atoms with E-state index in [1.165, 1.54) is 0 Å². The fourth-order valence-corrected chi connectivity index (χ4v) is 3.06. The van der Waals surface area contributed by atoms with Crippen LogP contribution in [-0.4, -0.2) is 28.9 Å². The van der Waals surface area contributed by atoms with Crippen molar-refractivity contribution in [1.29, 1.82) is 0 Å². The first-order valence-corrected chi connectivity index (χ1v) is 8.23. The number of carbonyl (C=O) groups excluding carboxylic acids is 1. The maximum atomic E-state index is 12.6. The molecule has 4 heteroatoms. The van der Waals surface area contributed by atoms with E-state index in [2.05, 4.69) is 11.9 Å². The highest BCUT2D eigenvalue weighted by Gasteiger charge is 2.21. The van der Waals surface area contributed by atoms with Gasteiger partial charge < -0.3 is 9.88 Å². The fraction of sp³-hybridized carbons (Fsp3) is 0.368. The summed E-state index contributed by atoms with van der Waals surface area (Å²) in [4.78, 5) is 29.6. The number of likely N-dealkylation sites (tertiary alicyclic amines) is 1. The number of aromatic amines is 1. The first-order chi connectivity index (χ1) is 11.1. The van der Waals surface area contributed by atoms with E-state index >= 15 is 0 Å². The number of rotatable bonds is 2. The fourth-order valence-electron chi connectivity index (χ4n) is 3.06. The Hall–Kier alpha value is -2.36. The van der Waals surface area contributed by atoms with Crippen LogP contribution in [0.1, 0.15) is 36.5 Å². The SMILES string of the molecule is C[C@@H]1CCCN(C(=O)c2ccc(-c3ccccc3)[nH]c2=O)CC1. The summed E-state index contributed by atoms with van der Waals surface area (Å²) in [5.74, 6) is 0.492. The predicted molar refractivity (Wildman–Crippen MR) is 91.4 cm³/mol. The lowest BCUT2D eigenvalue weighted by Crippen LogP contribution is -2.35. The molecule has 1 aromatic carbocycles. The summed E-state index contributed by atoms with van der Waals surface area (Å²) in [6.07, 6.45) is 3.16. The van der Waals surface area contributed by atoms with E-state index in [-0.39, 0.29) is 17.0 Å². The van der Waals surface area contributed by atoms with Crippen molar-refractivity contribution >= 4 is 5.91 Å². The molecule has 23 heavy (non-hydrogen) atoms. The molecule has 1 N–H and O–H groups in total. The number of H-pyrrole nitrogens is 1. The van der Waals surface area contributed by atoms with Gasteiger partial charge >= 0.3 is 0 Å². The minimum absolute atomic E-state index is 0.153. The van der Waals surface area contributed by atoms with E-state index in [0.717, 1.165) is 43.6 Å². The Morgan fingerprint density at radius 2 is 1.87 bits per heavy atom. The number of nitrogens with zero attached hydrogens (tertiary/aromatic N) is 1. The van der Waals surface area contributed by atoms with Gasteiger partial charge in [0.25, 0.3) is 11.5 Å². The van der Waals surface area contributed by atoms with Crippen LogP contribution < -0.4 is 5.56 Å². The van der Waals surface area contributed by atoms with Crippen LogP contribution in [0.4, 0.5) is 0 Å². The summed E-state index contributed by atoms with van der Waals surface area (Å²) in [6.45, 7) is 3.69. The Bertz CT molecular complexity index is 737. The first kappa shape index (κ1) is 15.5. The van der Waals surface area contributed by atoms with Crippen molar-refractivity contribution in [1.82, 2.24) is 9.88 Å². The summed E-state index contributed by atoms with van der Waals surface area (Å²) in [5.41, 5.74) is 1.59. The molecule has 4 nitrogen and oxygen atoms in total. The highest BCUT2D eigenvalue weighted by molar-refractivity contribution is 5.94. The maximum Gasteiger partial charge on any atom is 0.261 e. The number of hydrogen-bond acceptors (Lipinski definition) is 2. The average molecular weight is 310 g/mol. The van der Waals surface area contributed by atoms with E-state index in [4.69, 9.17) is 0 Å². The van der Waals surface area contributed by atoms with Crippen LogP contribution in [0.3, 0.4) is 0 Å². The third kappa shape index (κ3) is 3.52. The molecular weight excluding hydrogens is 288 g/mol. The third-order valence-corrected chi connectivity index (χ3v) is 4.53. The van der Waals surface area contributed by atoms with Gasteiger partial charge in [-0.05, 0) is 42.9 Å². The van der Waals surface area contributed by atoms with Crippen molar-refractivity contribution in [2.45, 2.75) is 26.2 Å². The third-order valence-electron chi connectivity index (χ3n) is 4.53. The maximum absolute atomic E-state index is 12.6. The lowest BCUT2D eigenvalue weighted by atomic mass is 10.0. The number of hydrogen-bond donors (Lipinski definition) is 1. The number of carbonyl (C=O) groups is 1. The standard InChI is InChI=1S/C19H22N2O2/c1-14-6-5-12-21(13-11-14)19(23)16-9-10-17(20-18(16)22)15-7-3-2-4-8-15/h2-4,7-10,14H,5-6,11-13H2,1H3,(H,20,22)/t14-/m1/s1. The normalized spacial score (nSPS) is 18.5. The van der Waals surface area contributed by atoms with E-state index in [0.29, 0.717) is 5.92 Å². The molecule has 0 saturated carbocycles. The van der Waals surface area contributed by atoms with Crippen LogP contribution in [-0.2, 0) is 0 Å². The number of nitrogens with one attached hydrogen (secondary N) is 1. The van der Waals surface area contributed by atoms with Crippen molar-refractivity contribution in [3.8, 4) is 11.3 Å². The average Bonchev–Trinajstić information content (AvgIpc) is 2.79. The lowest BCUT2D eigenvalue weighted by molar-refractivity contribution is 0.0758. The minimum atomic E-state index is -0.311. The summed E-state index contributed by atoms with van der Waals surface area (Å²) < 4.78 is 0. The van der Waals surface area contributed by atoms with Gasteiger partial charge in [-0.2, -0.15) is 0 Å². The molecule has 1 aliphatic rings. The molecule has 0 aliphatic carbocycles. The number of aromatic nitrogens is 1. The zero-order valence-corrected chi connectivity index (χ0v) is 13.4. The van der Waals surface area contributed by atoms with E-state index in [1.54, 1.807) is 6.07 Å². The second-order valence-electron chi connectivity index (χ2n) is 6.31. The number of pyridine rings is 1. The highest BCUT2D eigenvalue weighted by atomic mass is 16.2. The van der Waals surface area contributed by atoms with Gasteiger partial charge in [0.1, 0.15) is 5.56 Å². The molecule has 0 spiro atoms. The van der Waals surface area contributed by atoms with E-state index in [9.17, 15) is 9.59 Å². The largest absolute Gasteiger partial charge is 0.338 e. The molecule has 1 aliphatic heterocycles. The smallest absolute Gasteiger partial charge is 0.261 e. The van der Waals surface area contributed by atoms with Crippen molar-refractivity contribution in [3.05, 3.63) is 58.4 Å². The predicted octanol–water partition coefficient (Wildman–Crippen LogP) is 3.30. The van der Waals surface area contributed by atoms with Gasteiger partial charge in [-0.15, -0.1) is 0 Å². The first-order valence-electron chi connectivity index (χ1n) is 8.23.